The van der Waals surface area contributed by atoms with Crippen LogP contribution >= 0.6 is 11.6 Å². The van der Waals surface area contributed by atoms with Crippen LogP contribution in [0.25, 0.3) is 11.0 Å². The Morgan fingerprint density at radius 1 is 1.15 bits per heavy atom. The van der Waals surface area contributed by atoms with Crippen molar-refractivity contribution in [3.05, 3.63) is 70.2 Å². The zero-order valence-electron chi connectivity index (χ0n) is 10.9. The molecule has 20 heavy (non-hydrogen) atoms. The van der Waals surface area contributed by atoms with Gasteiger partial charge in [0.15, 0.2) is 0 Å². The van der Waals surface area contributed by atoms with E-state index in [9.17, 15) is 4.39 Å². The highest BCUT2D eigenvalue weighted by molar-refractivity contribution is 6.31. The lowest BCUT2D eigenvalue weighted by atomic mass is 10.0. The summed E-state index contributed by atoms with van der Waals surface area (Å²) >= 11 is 6.00. The van der Waals surface area contributed by atoms with Crippen LogP contribution in [0.3, 0.4) is 0 Å². The third kappa shape index (κ3) is 2.19. The summed E-state index contributed by atoms with van der Waals surface area (Å²) in [5, 5.41) is 1.60. The maximum absolute atomic E-state index is 13.0. The summed E-state index contributed by atoms with van der Waals surface area (Å²) in [4.78, 5) is 0. The van der Waals surface area contributed by atoms with Crippen LogP contribution in [0, 0.1) is 12.7 Å². The molecule has 102 valence electrons. The molecule has 0 aliphatic heterocycles. The number of nitrogens with two attached hydrogens (primary N) is 1. The summed E-state index contributed by atoms with van der Waals surface area (Å²) < 4.78 is 18.8. The fourth-order valence-electron chi connectivity index (χ4n) is 2.33. The molecule has 1 heterocycles. The van der Waals surface area contributed by atoms with E-state index in [4.69, 9.17) is 21.8 Å². The van der Waals surface area contributed by atoms with Gasteiger partial charge in [-0.2, -0.15) is 0 Å². The first-order valence-corrected chi connectivity index (χ1v) is 6.63. The van der Waals surface area contributed by atoms with Crippen molar-refractivity contribution < 1.29 is 8.81 Å². The Hall–Kier alpha value is -1.84. The van der Waals surface area contributed by atoms with Gasteiger partial charge in [0, 0.05) is 16.0 Å². The van der Waals surface area contributed by atoms with Crippen LogP contribution in [0.15, 0.2) is 46.9 Å². The molecule has 1 unspecified atom stereocenters. The lowest BCUT2D eigenvalue weighted by molar-refractivity contribution is 0.520. The molecule has 2 N–H and O–H groups in total. The van der Waals surface area contributed by atoms with Crippen LogP contribution in [-0.2, 0) is 0 Å². The third-order valence-electron chi connectivity index (χ3n) is 3.45. The Kier molecular flexibility index (Phi) is 3.24. The Bertz CT molecular complexity index is 764. The molecule has 0 saturated carbocycles. The lowest BCUT2D eigenvalue weighted by Crippen LogP contribution is -2.12. The molecule has 2 nitrogen and oxygen atoms in total. The summed E-state index contributed by atoms with van der Waals surface area (Å²) in [7, 11) is 0. The molecular weight excluding hydrogens is 277 g/mol. The van der Waals surface area contributed by atoms with E-state index in [1.54, 1.807) is 18.2 Å². The zero-order chi connectivity index (χ0) is 14.3. The van der Waals surface area contributed by atoms with Gasteiger partial charge in [0.05, 0.1) is 6.04 Å². The molecule has 0 fully saturated rings. The van der Waals surface area contributed by atoms with E-state index in [1.165, 1.54) is 12.1 Å². The van der Waals surface area contributed by atoms with Crippen molar-refractivity contribution in [2.45, 2.75) is 13.0 Å². The standard InChI is InChI=1S/C16H13ClFNO/c1-9-13-8-11(17)4-7-14(13)20-16(9)15(19)10-2-5-12(18)6-3-10/h2-8,15H,19H2,1H3. The second-order valence-electron chi connectivity index (χ2n) is 4.76. The molecule has 1 atom stereocenters. The van der Waals surface area contributed by atoms with Gasteiger partial charge in [-0.15, -0.1) is 0 Å². The fraction of sp³-hybridized carbons (Fsp3) is 0.125. The monoisotopic (exact) mass is 289 g/mol. The van der Waals surface area contributed by atoms with Crippen LogP contribution < -0.4 is 5.73 Å². The Balaban J connectivity index is 2.09. The zero-order valence-corrected chi connectivity index (χ0v) is 11.6. The van der Waals surface area contributed by atoms with Gasteiger partial charge < -0.3 is 10.2 Å². The molecule has 0 amide bonds. The van der Waals surface area contributed by atoms with Gasteiger partial charge in [0.2, 0.25) is 0 Å². The van der Waals surface area contributed by atoms with Gasteiger partial charge in [0.25, 0.3) is 0 Å². The van der Waals surface area contributed by atoms with Crippen LogP contribution in [0.1, 0.15) is 22.9 Å². The van der Waals surface area contributed by atoms with Crippen molar-refractivity contribution in [1.29, 1.82) is 0 Å². The van der Waals surface area contributed by atoms with Gasteiger partial charge >= 0.3 is 0 Å². The number of hydrogen-bond donors (Lipinski definition) is 1. The largest absolute Gasteiger partial charge is 0.459 e. The summed E-state index contributed by atoms with van der Waals surface area (Å²) in [6.07, 6.45) is 0. The Labute approximate surface area is 121 Å². The molecule has 0 spiro atoms. The fourth-order valence-corrected chi connectivity index (χ4v) is 2.50. The van der Waals surface area contributed by atoms with Crippen LogP contribution in [0.2, 0.25) is 5.02 Å². The maximum atomic E-state index is 13.0. The quantitative estimate of drug-likeness (QED) is 0.750. The average Bonchev–Trinajstić information content (AvgIpc) is 2.76. The first-order valence-electron chi connectivity index (χ1n) is 6.26. The van der Waals surface area contributed by atoms with Gasteiger partial charge in [-0.3, -0.25) is 0 Å². The van der Waals surface area contributed by atoms with Crippen molar-refractivity contribution in [3.63, 3.8) is 0 Å². The first-order chi connectivity index (χ1) is 9.56. The van der Waals surface area contributed by atoms with Crippen molar-refractivity contribution >= 4 is 22.6 Å². The van der Waals surface area contributed by atoms with Crippen molar-refractivity contribution in [3.8, 4) is 0 Å². The topological polar surface area (TPSA) is 39.2 Å². The molecule has 1 aromatic heterocycles. The molecule has 0 saturated heterocycles. The predicted molar refractivity (Wildman–Crippen MR) is 78.4 cm³/mol. The molecule has 0 aliphatic rings. The van der Waals surface area contributed by atoms with E-state index in [-0.39, 0.29) is 5.82 Å². The maximum Gasteiger partial charge on any atom is 0.134 e. The number of rotatable bonds is 2. The summed E-state index contributed by atoms with van der Waals surface area (Å²) in [6, 6.07) is 11.1. The van der Waals surface area contributed by atoms with Gasteiger partial charge in [-0.05, 0) is 42.8 Å². The predicted octanol–water partition coefficient (Wildman–Crippen LogP) is 4.58. The lowest BCUT2D eigenvalue weighted by Gasteiger charge is -2.10. The molecule has 2 aromatic carbocycles. The normalized spacial score (nSPS) is 12.8. The van der Waals surface area contributed by atoms with Crippen LogP contribution in [0.4, 0.5) is 4.39 Å². The highest BCUT2D eigenvalue weighted by Gasteiger charge is 2.18. The van der Waals surface area contributed by atoms with E-state index in [0.717, 1.165) is 22.1 Å². The van der Waals surface area contributed by atoms with Crippen molar-refractivity contribution in [2.24, 2.45) is 5.73 Å². The van der Waals surface area contributed by atoms with E-state index in [0.29, 0.717) is 10.8 Å². The van der Waals surface area contributed by atoms with Crippen molar-refractivity contribution in [2.75, 3.05) is 0 Å². The van der Waals surface area contributed by atoms with E-state index >= 15 is 0 Å². The number of fused-ring (bicyclic) bond motifs is 1. The second-order valence-corrected chi connectivity index (χ2v) is 5.20. The van der Waals surface area contributed by atoms with Crippen molar-refractivity contribution in [1.82, 2.24) is 0 Å². The van der Waals surface area contributed by atoms with E-state index in [1.807, 2.05) is 19.1 Å². The molecule has 0 radical (unpaired) electrons. The number of hydrogen-bond acceptors (Lipinski definition) is 2. The Morgan fingerprint density at radius 2 is 1.85 bits per heavy atom. The number of aryl methyl sites for hydroxylation is 1. The molecular formula is C16H13ClFNO. The minimum Gasteiger partial charge on any atom is -0.459 e. The molecule has 4 heteroatoms. The van der Waals surface area contributed by atoms with Gasteiger partial charge in [0.1, 0.15) is 17.2 Å². The molecule has 3 aromatic rings. The van der Waals surface area contributed by atoms with E-state index in [2.05, 4.69) is 0 Å². The second kappa shape index (κ2) is 4.93. The molecule has 0 bridgehead atoms. The highest BCUT2D eigenvalue weighted by Crippen LogP contribution is 2.32. The minimum atomic E-state index is -0.429. The van der Waals surface area contributed by atoms with E-state index < -0.39 is 6.04 Å². The van der Waals surface area contributed by atoms with Crippen LogP contribution in [0.5, 0.6) is 0 Å². The summed E-state index contributed by atoms with van der Waals surface area (Å²) in [6.45, 7) is 1.95. The average molecular weight is 290 g/mol. The molecule has 0 aliphatic carbocycles. The van der Waals surface area contributed by atoms with Gasteiger partial charge in [-0.25, -0.2) is 4.39 Å². The number of halogens is 2. The summed E-state index contributed by atoms with van der Waals surface area (Å²) in [5.74, 6) is 0.392. The smallest absolute Gasteiger partial charge is 0.134 e. The Morgan fingerprint density at radius 3 is 2.55 bits per heavy atom. The number of furan rings is 1. The molecule has 3 rings (SSSR count). The van der Waals surface area contributed by atoms with Gasteiger partial charge in [-0.1, -0.05) is 23.7 Å². The first kappa shape index (κ1) is 13.2. The number of benzene rings is 2. The minimum absolute atomic E-state index is 0.283. The highest BCUT2D eigenvalue weighted by atomic mass is 35.5. The SMILES string of the molecule is Cc1c(C(N)c2ccc(F)cc2)oc2ccc(Cl)cc12. The third-order valence-corrected chi connectivity index (χ3v) is 3.68. The van der Waals surface area contributed by atoms with Crippen LogP contribution in [-0.4, -0.2) is 0 Å². The summed E-state index contributed by atoms with van der Waals surface area (Å²) in [5.41, 5.74) is 8.73.